The number of carbonyl (C=O) groups excluding carboxylic acids is 2. The molecular weight excluding hydrogens is 436 g/mol. The summed E-state index contributed by atoms with van der Waals surface area (Å²) >= 11 is 0. The number of carbonyl (C=O) groups is 2. The molecule has 0 aromatic heterocycles. The van der Waals surface area contributed by atoms with E-state index in [0.29, 0.717) is 18.7 Å². The van der Waals surface area contributed by atoms with E-state index >= 15 is 0 Å². The minimum Gasteiger partial charge on any atom is -0.504 e. The first-order valence-electron chi connectivity index (χ1n) is 10.2. The van der Waals surface area contributed by atoms with Crippen molar-refractivity contribution in [2.24, 2.45) is 0 Å². The topological polar surface area (TPSA) is 122 Å². The van der Waals surface area contributed by atoms with Crippen molar-refractivity contribution in [1.29, 1.82) is 0 Å². The minimum absolute atomic E-state index is 0.103. The third-order valence-electron chi connectivity index (χ3n) is 5.18. The summed E-state index contributed by atoms with van der Waals surface area (Å²) in [5.41, 5.74) is 0.715. The summed E-state index contributed by atoms with van der Waals surface area (Å²) in [7, 11) is -2.32. The average Bonchev–Trinajstić information content (AvgIpc) is 2.79. The Bertz CT molecular complexity index is 1110. The molecule has 32 heavy (non-hydrogen) atoms. The molecule has 2 aromatic rings. The van der Waals surface area contributed by atoms with E-state index in [-0.39, 0.29) is 27.6 Å². The Morgan fingerprint density at radius 3 is 2.53 bits per heavy atom. The number of hydrogen-bond acceptors (Lipinski definition) is 7. The summed E-state index contributed by atoms with van der Waals surface area (Å²) in [4.78, 5) is 24.6. The van der Waals surface area contributed by atoms with Gasteiger partial charge in [0.25, 0.3) is 5.91 Å². The van der Waals surface area contributed by atoms with E-state index < -0.39 is 28.5 Å². The number of rotatable bonds is 7. The molecule has 0 bridgehead atoms. The van der Waals surface area contributed by atoms with E-state index in [1.54, 1.807) is 19.1 Å². The van der Waals surface area contributed by atoms with Gasteiger partial charge in [0.2, 0.25) is 10.0 Å². The van der Waals surface area contributed by atoms with Gasteiger partial charge >= 0.3 is 5.97 Å². The number of esters is 1. The quantitative estimate of drug-likeness (QED) is 0.607. The van der Waals surface area contributed by atoms with Gasteiger partial charge in [0, 0.05) is 18.8 Å². The molecule has 1 fully saturated rings. The predicted molar refractivity (Wildman–Crippen MR) is 117 cm³/mol. The molecule has 0 radical (unpaired) electrons. The first-order chi connectivity index (χ1) is 15.2. The van der Waals surface area contributed by atoms with Gasteiger partial charge in [-0.3, -0.25) is 4.79 Å². The molecule has 0 spiro atoms. The summed E-state index contributed by atoms with van der Waals surface area (Å²) in [6.07, 6.45) is 2.65. The number of nitrogens with zero attached hydrogens (tertiary/aromatic N) is 1. The fraction of sp³-hybridized carbons (Fsp3) is 0.364. The van der Waals surface area contributed by atoms with Gasteiger partial charge in [-0.05, 0) is 49.6 Å². The summed E-state index contributed by atoms with van der Waals surface area (Å²) in [5, 5.41) is 12.6. The molecule has 0 atom stereocenters. The number of hydrogen-bond donors (Lipinski definition) is 2. The highest BCUT2D eigenvalue weighted by Gasteiger charge is 2.27. The number of aryl methyl sites for hydroxylation is 1. The van der Waals surface area contributed by atoms with Crippen LogP contribution in [0.5, 0.6) is 11.5 Å². The molecule has 0 unspecified atom stereocenters. The molecule has 9 nitrogen and oxygen atoms in total. The molecule has 0 saturated carbocycles. The van der Waals surface area contributed by atoms with E-state index in [4.69, 9.17) is 9.47 Å². The van der Waals surface area contributed by atoms with Crippen LogP contribution in [0.15, 0.2) is 41.3 Å². The fourth-order valence-electron chi connectivity index (χ4n) is 3.46. The van der Waals surface area contributed by atoms with Gasteiger partial charge < -0.3 is 19.9 Å². The third kappa shape index (κ3) is 5.20. The number of nitrogens with one attached hydrogen (secondary N) is 1. The largest absolute Gasteiger partial charge is 0.504 e. The van der Waals surface area contributed by atoms with Gasteiger partial charge in [-0.25, -0.2) is 13.2 Å². The van der Waals surface area contributed by atoms with Gasteiger partial charge in [-0.15, -0.1) is 0 Å². The van der Waals surface area contributed by atoms with Gasteiger partial charge in [0.1, 0.15) is 5.56 Å². The van der Waals surface area contributed by atoms with Crippen LogP contribution in [-0.4, -0.2) is 56.5 Å². The zero-order valence-corrected chi connectivity index (χ0v) is 18.8. The molecule has 10 heteroatoms. The van der Waals surface area contributed by atoms with Crippen molar-refractivity contribution >= 4 is 27.6 Å². The van der Waals surface area contributed by atoms with E-state index in [9.17, 15) is 23.1 Å². The zero-order chi connectivity index (χ0) is 23.3. The number of aromatic hydroxyl groups is 1. The smallest absolute Gasteiger partial charge is 0.342 e. The van der Waals surface area contributed by atoms with Crippen LogP contribution in [0.1, 0.15) is 35.2 Å². The summed E-state index contributed by atoms with van der Waals surface area (Å²) in [5.74, 6) is -1.82. The maximum Gasteiger partial charge on any atom is 0.342 e. The summed E-state index contributed by atoms with van der Waals surface area (Å²) in [6.45, 7) is 2.04. The maximum absolute atomic E-state index is 13.0. The van der Waals surface area contributed by atoms with E-state index in [2.05, 4.69) is 5.32 Å². The second-order valence-electron chi connectivity index (χ2n) is 7.43. The van der Waals surface area contributed by atoms with E-state index in [0.717, 1.165) is 19.3 Å². The number of amides is 1. The molecule has 2 N–H and O–H groups in total. The van der Waals surface area contributed by atoms with Crippen LogP contribution < -0.4 is 10.1 Å². The lowest BCUT2D eigenvalue weighted by Gasteiger charge is -2.26. The second-order valence-corrected chi connectivity index (χ2v) is 9.33. The van der Waals surface area contributed by atoms with Gasteiger partial charge in [-0.2, -0.15) is 4.31 Å². The fourth-order valence-corrected chi connectivity index (χ4v) is 5.23. The van der Waals surface area contributed by atoms with Crippen molar-refractivity contribution in [2.75, 3.05) is 32.1 Å². The Morgan fingerprint density at radius 1 is 1.12 bits per heavy atom. The lowest BCUT2D eigenvalue weighted by atomic mass is 10.2. The monoisotopic (exact) mass is 462 g/mol. The van der Waals surface area contributed by atoms with E-state index in [1.807, 2.05) is 0 Å². The predicted octanol–water partition coefficient (Wildman–Crippen LogP) is 2.68. The van der Waals surface area contributed by atoms with Gasteiger partial charge in [0.15, 0.2) is 18.1 Å². The first kappa shape index (κ1) is 23.6. The lowest BCUT2D eigenvalue weighted by Crippen LogP contribution is -2.36. The number of piperidine rings is 1. The molecule has 3 rings (SSSR count). The summed E-state index contributed by atoms with van der Waals surface area (Å²) < 4.78 is 37.4. The Hall–Kier alpha value is -3.11. The van der Waals surface area contributed by atoms with Crippen LogP contribution in [0.2, 0.25) is 0 Å². The highest BCUT2D eigenvalue weighted by Crippen LogP contribution is 2.30. The molecular formula is C22H26N2O7S. The van der Waals surface area contributed by atoms with Crippen molar-refractivity contribution < 1.29 is 32.6 Å². The Morgan fingerprint density at radius 2 is 1.84 bits per heavy atom. The average molecular weight is 463 g/mol. The van der Waals surface area contributed by atoms with Crippen molar-refractivity contribution in [3.05, 3.63) is 47.5 Å². The molecule has 0 aliphatic carbocycles. The number of methoxy groups -OCH3 is 1. The van der Waals surface area contributed by atoms with E-state index in [1.165, 1.54) is 35.7 Å². The van der Waals surface area contributed by atoms with Crippen LogP contribution in [0.4, 0.5) is 5.69 Å². The molecule has 1 aliphatic heterocycles. The molecule has 2 aromatic carbocycles. The number of sulfonamides is 1. The van der Waals surface area contributed by atoms with Crippen LogP contribution in [-0.2, 0) is 19.6 Å². The van der Waals surface area contributed by atoms with Crippen molar-refractivity contribution in [1.82, 2.24) is 4.31 Å². The number of ether oxygens (including phenoxy) is 2. The van der Waals surface area contributed by atoms with Crippen molar-refractivity contribution in [2.45, 2.75) is 31.1 Å². The SMILES string of the molecule is COc1cccc(C(=O)OCC(=O)Nc2ccc(C)c(S(=O)(=O)N3CCCCC3)c2)c1O. The highest BCUT2D eigenvalue weighted by atomic mass is 32.2. The number of anilines is 1. The number of para-hydroxylation sites is 1. The zero-order valence-electron chi connectivity index (χ0n) is 18.0. The lowest BCUT2D eigenvalue weighted by molar-refractivity contribution is -0.119. The van der Waals surface area contributed by atoms with Crippen LogP contribution in [0.3, 0.4) is 0 Å². The number of phenols is 1. The Kier molecular flexibility index (Phi) is 7.37. The molecule has 1 amide bonds. The molecule has 172 valence electrons. The molecule has 1 heterocycles. The van der Waals surface area contributed by atoms with Crippen molar-refractivity contribution in [3.63, 3.8) is 0 Å². The Balaban J connectivity index is 1.67. The summed E-state index contributed by atoms with van der Waals surface area (Å²) in [6, 6.07) is 8.94. The minimum atomic E-state index is -3.67. The van der Waals surface area contributed by atoms with Gasteiger partial charge in [-0.1, -0.05) is 18.6 Å². The van der Waals surface area contributed by atoms with Crippen LogP contribution in [0, 0.1) is 6.92 Å². The second kappa shape index (κ2) is 10.0. The Labute approximate surface area is 187 Å². The maximum atomic E-state index is 13.0. The van der Waals surface area contributed by atoms with Crippen LogP contribution >= 0.6 is 0 Å². The van der Waals surface area contributed by atoms with Crippen LogP contribution in [0.25, 0.3) is 0 Å². The van der Waals surface area contributed by atoms with Gasteiger partial charge in [0.05, 0.1) is 12.0 Å². The standard InChI is InChI=1S/C22H26N2O7S/c1-15-9-10-16(13-19(15)32(28,29)24-11-4-3-5-12-24)23-20(25)14-31-22(27)17-7-6-8-18(30-2)21(17)26/h6-10,13,26H,3-5,11-12,14H2,1-2H3,(H,23,25). The number of phenolic OH excluding ortho intramolecular Hbond substituents is 1. The van der Waals surface area contributed by atoms with Crippen molar-refractivity contribution in [3.8, 4) is 11.5 Å². The number of benzene rings is 2. The first-order valence-corrected chi connectivity index (χ1v) is 11.6. The molecule has 1 saturated heterocycles. The third-order valence-corrected chi connectivity index (χ3v) is 7.22. The molecule has 1 aliphatic rings. The highest BCUT2D eigenvalue weighted by molar-refractivity contribution is 7.89. The normalized spacial score (nSPS) is 14.6.